The first-order valence-electron chi connectivity index (χ1n) is 7.18. The lowest BCUT2D eigenvalue weighted by atomic mass is 10.0. The molecule has 3 N–H and O–H groups in total. The molecular weight excluding hydrogens is 276 g/mol. The SMILES string of the molecule is Cc1ccc(CC(NC(=O)c2ccc(C)cc2)C(N)=O)cc1. The molecule has 114 valence electrons. The monoisotopic (exact) mass is 296 g/mol. The lowest BCUT2D eigenvalue weighted by molar-refractivity contribution is -0.119. The fourth-order valence-electron chi connectivity index (χ4n) is 2.13. The number of benzene rings is 2. The van der Waals surface area contributed by atoms with Crippen molar-refractivity contribution in [1.29, 1.82) is 0 Å². The van der Waals surface area contributed by atoms with Gasteiger partial charge in [0.15, 0.2) is 0 Å². The molecule has 2 rings (SSSR count). The molecule has 1 unspecified atom stereocenters. The summed E-state index contributed by atoms with van der Waals surface area (Å²) in [6, 6.07) is 14.2. The highest BCUT2D eigenvalue weighted by Crippen LogP contribution is 2.08. The number of carbonyl (C=O) groups is 2. The van der Waals surface area contributed by atoms with Crippen LogP contribution in [0.25, 0.3) is 0 Å². The molecule has 0 fully saturated rings. The molecule has 0 aliphatic rings. The Morgan fingerprint density at radius 2 is 1.45 bits per heavy atom. The van der Waals surface area contributed by atoms with Gasteiger partial charge in [-0.1, -0.05) is 47.5 Å². The molecule has 0 aliphatic heterocycles. The number of carbonyl (C=O) groups excluding carboxylic acids is 2. The summed E-state index contributed by atoms with van der Waals surface area (Å²) in [5.41, 5.74) is 9.10. The average molecular weight is 296 g/mol. The van der Waals surface area contributed by atoms with E-state index in [1.54, 1.807) is 12.1 Å². The van der Waals surface area contributed by atoms with Crippen molar-refractivity contribution in [2.75, 3.05) is 0 Å². The van der Waals surface area contributed by atoms with Gasteiger partial charge in [-0.05, 0) is 31.5 Å². The van der Waals surface area contributed by atoms with E-state index in [0.29, 0.717) is 12.0 Å². The van der Waals surface area contributed by atoms with Gasteiger partial charge in [-0.25, -0.2) is 0 Å². The number of amides is 2. The summed E-state index contributed by atoms with van der Waals surface area (Å²) >= 11 is 0. The largest absolute Gasteiger partial charge is 0.368 e. The van der Waals surface area contributed by atoms with E-state index in [0.717, 1.165) is 16.7 Å². The van der Waals surface area contributed by atoms with E-state index in [1.165, 1.54) is 0 Å². The summed E-state index contributed by atoms with van der Waals surface area (Å²) < 4.78 is 0. The van der Waals surface area contributed by atoms with Crippen LogP contribution in [0.15, 0.2) is 48.5 Å². The van der Waals surface area contributed by atoms with Crippen molar-refractivity contribution in [2.45, 2.75) is 26.3 Å². The smallest absolute Gasteiger partial charge is 0.251 e. The van der Waals surface area contributed by atoms with Crippen LogP contribution in [0.5, 0.6) is 0 Å². The van der Waals surface area contributed by atoms with E-state index in [4.69, 9.17) is 5.73 Å². The molecule has 4 heteroatoms. The normalized spacial score (nSPS) is 11.7. The molecule has 0 spiro atoms. The van der Waals surface area contributed by atoms with Crippen LogP contribution in [-0.4, -0.2) is 17.9 Å². The van der Waals surface area contributed by atoms with Crippen LogP contribution in [0.4, 0.5) is 0 Å². The Kier molecular flexibility index (Phi) is 4.94. The highest BCUT2D eigenvalue weighted by molar-refractivity contribution is 5.97. The summed E-state index contributed by atoms with van der Waals surface area (Å²) in [7, 11) is 0. The van der Waals surface area contributed by atoms with Gasteiger partial charge in [0, 0.05) is 12.0 Å². The molecular formula is C18H20N2O2. The second kappa shape index (κ2) is 6.89. The maximum absolute atomic E-state index is 12.2. The average Bonchev–Trinajstić information content (AvgIpc) is 2.49. The highest BCUT2D eigenvalue weighted by Gasteiger charge is 2.19. The van der Waals surface area contributed by atoms with Gasteiger partial charge in [0.05, 0.1) is 0 Å². The van der Waals surface area contributed by atoms with Gasteiger partial charge in [-0.2, -0.15) is 0 Å². The molecule has 2 amide bonds. The van der Waals surface area contributed by atoms with Crippen LogP contribution in [0.3, 0.4) is 0 Å². The second-order valence-corrected chi connectivity index (χ2v) is 5.48. The Labute approximate surface area is 130 Å². The van der Waals surface area contributed by atoms with Crippen molar-refractivity contribution in [2.24, 2.45) is 5.73 Å². The minimum atomic E-state index is -0.725. The summed E-state index contributed by atoms with van der Waals surface area (Å²) in [5, 5.41) is 2.70. The molecule has 22 heavy (non-hydrogen) atoms. The molecule has 4 nitrogen and oxygen atoms in total. The van der Waals surface area contributed by atoms with Crippen molar-refractivity contribution in [1.82, 2.24) is 5.32 Å². The lowest BCUT2D eigenvalue weighted by Gasteiger charge is -2.16. The number of nitrogens with one attached hydrogen (secondary N) is 1. The Bertz CT molecular complexity index is 660. The number of hydrogen-bond donors (Lipinski definition) is 2. The first-order chi connectivity index (χ1) is 10.5. The maximum Gasteiger partial charge on any atom is 0.251 e. The van der Waals surface area contributed by atoms with Crippen LogP contribution >= 0.6 is 0 Å². The molecule has 0 bridgehead atoms. The molecule has 0 heterocycles. The van der Waals surface area contributed by atoms with Crippen molar-refractivity contribution in [3.05, 3.63) is 70.8 Å². The predicted octanol–water partition coefficient (Wildman–Crippen LogP) is 2.13. The van der Waals surface area contributed by atoms with E-state index < -0.39 is 11.9 Å². The highest BCUT2D eigenvalue weighted by atomic mass is 16.2. The van der Waals surface area contributed by atoms with Gasteiger partial charge in [-0.3, -0.25) is 9.59 Å². The van der Waals surface area contributed by atoms with E-state index in [9.17, 15) is 9.59 Å². The summed E-state index contributed by atoms with van der Waals surface area (Å²) in [6.45, 7) is 3.94. The Hall–Kier alpha value is -2.62. The van der Waals surface area contributed by atoms with Gasteiger partial charge >= 0.3 is 0 Å². The number of nitrogens with two attached hydrogens (primary N) is 1. The third-order valence-electron chi connectivity index (χ3n) is 3.52. The third kappa shape index (κ3) is 4.19. The number of rotatable bonds is 5. The van der Waals surface area contributed by atoms with E-state index in [2.05, 4.69) is 5.32 Å². The molecule has 0 aromatic heterocycles. The molecule has 2 aromatic rings. The molecule has 1 atom stereocenters. The fraction of sp³-hybridized carbons (Fsp3) is 0.222. The Morgan fingerprint density at radius 1 is 0.955 bits per heavy atom. The Morgan fingerprint density at radius 3 is 1.95 bits per heavy atom. The molecule has 0 radical (unpaired) electrons. The van der Waals surface area contributed by atoms with E-state index in [1.807, 2.05) is 50.2 Å². The molecule has 0 saturated carbocycles. The van der Waals surface area contributed by atoms with Crippen molar-refractivity contribution >= 4 is 11.8 Å². The van der Waals surface area contributed by atoms with Gasteiger partial charge in [0.25, 0.3) is 5.91 Å². The van der Waals surface area contributed by atoms with Crippen LogP contribution in [0, 0.1) is 13.8 Å². The zero-order valence-electron chi connectivity index (χ0n) is 12.8. The number of hydrogen-bond acceptors (Lipinski definition) is 2. The van der Waals surface area contributed by atoms with Crippen LogP contribution in [0.2, 0.25) is 0 Å². The van der Waals surface area contributed by atoms with Gasteiger partial charge in [0.1, 0.15) is 6.04 Å². The standard InChI is InChI=1S/C18H20N2O2/c1-12-3-7-14(8-4-12)11-16(17(19)21)20-18(22)15-9-5-13(2)6-10-15/h3-10,16H,11H2,1-2H3,(H2,19,21)(H,20,22). The summed E-state index contributed by atoms with van der Waals surface area (Å²) in [6.07, 6.45) is 0.382. The summed E-state index contributed by atoms with van der Waals surface area (Å²) in [4.78, 5) is 23.8. The minimum absolute atomic E-state index is 0.295. The maximum atomic E-state index is 12.2. The number of primary amides is 1. The van der Waals surface area contributed by atoms with Crippen LogP contribution in [0.1, 0.15) is 27.0 Å². The first-order valence-corrected chi connectivity index (χ1v) is 7.18. The lowest BCUT2D eigenvalue weighted by Crippen LogP contribution is -2.45. The molecule has 2 aromatic carbocycles. The fourth-order valence-corrected chi connectivity index (χ4v) is 2.13. The van der Waals surface area contributed by atoms with Crippen LogP contribution < -0.4 is 11.1 Å². The second-order valence-electron chi connectivity index (χ2n) is 5.48. The third-order valence-corrected chi connectivity index (χ3v) is 3.52. The van der Waals surface area contributed by atoms with E-state index >= 15 is 0 Å². The van der Waals surface area contributed by atoms with Gasteiger partial charge < -0.3 is 11.1 Å². The van der Waals surface area contributed by atoms with E-state index in [-0.39, 0.29) is 5.91 Å². The van der Waals surface area contributed by atoms with Crippen molar-refractivity contribution < 1.29 is 9.59 Å². The quantitative estimate of drug-likeness (QED) is 0.887. The summed E-state index contributed by atoms with van der Waals surface area (Å²) in [5.74, 6) is -0.836. The minimum Gasteiger partial charge on any atom is -0.368 e. The van der Waals surface area contributed by atoms with Gasteiger partial charge in [0.2, 0.25) is 5.91 Å². The van der Waals surface area contributed by atoms with Gasteiger partial charge in [-0.15, -0.1) is 0 Å². The zero-order valence-corrected chi connectivity index (χ0v) is 12.8. The first kappa shape index (κ1) is 15.8. The van der Waals surface area contributed by atoms with Crippen LogP contribution in [-0.2, 0) is 11.2 Å². The zero-order chi connectivity index (χ0) is 16.1. The topological polar surface area (TPSA) is 72.2 Å². The Balaban J connectivity index is 2.08. The van der Waals surface area contributed by atoms with Crippen molar-refractivity contribution in [3.63, 3.8) is 0 Å². The predicted molar refractivity (Wildman–Crippen MR) is 86.5 cm³/mol. The number of aryl methyl sites for hydroxylation is 2. The molecule has 0 saturated heterocycles. The van der Waals surface area contributed by atoms with Crippen molar-refractivity contribution in [3.8, 4) is 0 Å². The molecule has 0 aliphatic carbocycles.